The van der Waals surface area contributed by atoms with Crippen LogP contribution in [0.25, 0.3) is 0 Å². The molecule has 0 radical (unpaired) electrons. The third kappa shape index (κ3) is 5.33. The van der Waals surface area contributed by atoms with Gasteiger partial charge in [0, 0.05) is 12.1 Å². The van der Waals surface area contributed by atoms with Crippen molar-refractivity contribution in [1.82, 2.24) is 10.6 Å². The molecule has 0 saturated carbocycles. The van der Waals surface area contributed by atoms with Crippen LogP contribution in [0.1, 0.15) is 60.0 Å². The SMILES string of the molecule is CCCCNC(=O)c1cc(C)cc(C2CCNCC2)c1.Cl. The average Bonchev–Trinajstić information content (AvgIpc) is 2.47. The van der Waals surface area contributed by atoms with Crippen LogP contribution in [0, 0.1) is 6.92 Å². The van der Waals surface area contributed by atoms with Crippen LogP contribution in [0.5, 0.6) is 0 Å². The number of benzene rings is 1. The number of carbonyl (C=O) groups excluding carboxylic acids is 1. The van der Waals surface area contributed by atoms with Crippen molar-refractivity contribution in [2.45, 2.75) is 45.4 Å². The number of carbonyl (C=O) groups is 1. The quantitative estimate of drug-likeness (QED) is 0.818. The van der Waals surface area contributed by atoms with Gasteiger partial charge >= 0.3 is 0 Å². The van der Waals surface area contributed by atoms with Gasteiger partial charge in [-0.1, -0.05) is 25.0 Å². The molecular formula is C17H27ClN2O. The number of rotatable bonds is 5. The highest BCUT2D eigenvalue weighted by Gasteiger charge is 2.17. The Morgan fingerprint density at radius 2 is 2.00 bits per heavy atom. The smallest absolute Gasteiger partial charge is 0.251 e. The van der Waals surface area contributed by atoms with E-state index in [9.17, 15) is 4.79 Å². The predicted molar refractivity (Wildman–Crippen MR) is 90.5 cm³/mol. The molecule has 0 aliphatic carbocycles. The molecule has 1 aromatic carbocycles. The second-order valence-corrected chi connectivity index (χ2v) is 5.77. The Labute approximate surface area is 134 Å². The van der Waals surface area contributed by atoms with E-state index in [1.807, 2.05) is 6.07 Å². The van der Waals surface area contributed by atoms with Crippen molar-refractivity contribution in [1.29, 1.82) is 0 Å². The second-order valence-electron chi connectivity index (χ2n) is 5.77. The van der Waals surface area contributed by atoms with Gasteiger partial charge in [-0.2, -0.15) is 0 Å². The van der Waals surface area contributed by atoms with Crippen LogP contribution in [0.4, 0.5) is 0 Å². The third-order valence-electron chi connectivity index (χ3n) is 3.99. The summed E-state index contributed by atoms with van der Waals surface area (Å²) < 4.78 is 0. The lowest BCUT2D eigenvalue weighted by atomic mass is 9.88. The highest BCUT2D eigenvalue weighted by atomic mass is 35.5. The van der Waals surface area contributed by atoms with E-state index in [1.54, 1.807) is 0 Å². The van der Waals surface area contributed by atoms with E-state index in [2.05, 4.69) is 36.6 Å². The fourth-order valence-corrected chi connectivity index (χ4v) is 2.82. The Hall–Kier alpha value is -1.06. The Balaban J connectivity index is 0.00000220. The lowest BCUT2D eigenvalue weighted by Gasteiger charge is -2.23. The maximum atomic E-state index is 12.2. The van der Waals surface area contributed by atoms with Crippen molar-refractivity contribution < 1.29 is 4.79 Å². The molecule has 1 aliphatic rings. The molecule has 0 spiro atoms. The minimum absolute atomic E-state index is 0. The van der Waals surface area contributed by atoms with E-state index in [0.29, 0.717) is 5.92 Å². The number of aryl methyl sites for hydroxylation is 1. The first-order chi connectivity index (χ1) is 9.70. The molecular weight excluding hydrogens is 284 g/mol. The monoisotopic (exact) mass is 310 g/mol. The largest absolute Gasteiger partial charge is 0.352 e. The minimum Gasteiger partial charge on any atom is -0.352 e. The Morgan fingerprint density at radius 1 is 1.29 bits per heavy atom. The summed E-state index contributed by atoms with van der Waals surface area (Å²) in [6, 6.07) is 6.31. The molecule has 1 aromatic rings. The second kappa shape index (κ2) is 9.06. The van der Waals surface area contributed by atoms with Crippen LogP contribution in [-0.2, 0) is 0 Å². The number of hydrogen-bond acceptors (Lipinski definition) is 2. The number of halogens is 1. The molecule has 4 heteroatoms. The molecule has 2 N–H and O–H groups in total. The fraction of sp³-hybridized carbons (Fsp3) is 0.588. The van der Waals surface area contributed by atoms with Gasteiger partial charge in [-0.15, -0.1) is 12.4 Å². The first kappa shape index (κ1) is 18.0. The van der Waals surface area contributed by atoms with Crippen LogP contribution >= 0.6 is 12.4 Å². The first-order valence-electron chi connectivity index (χ1n) is 7.81. The van der Waals surface area contributed by atoms with E-state index in [-0.39, 0.29) is 18.3 Å². The van der Waals surface area contributed by atoms with Crippen LogP contribution in [0.3, 0.4) is 0 Å². The first-order valence-corrected chi connectivity index (χ1v) is 7.81. The van der Waals surface area contributed by atoms with Gasteiger partial charge in [0.15, 0.2) is 0 Å². The number of hydrogen-bond donors (Lipinski definition) is 2. The third-order valence-corrected chi connectivity index (χ3v) is 3.99. The molecule has 118 valence electrons. The highest BCUT2D eigenvalue weighted by molar-refractivity contribution is 5.94. The maximum absolute atomic E-state index is 12.2. The zero-order chi connectivity index (χ0) is 14.4. The molecule has 1 saturated heterocycles. The van der Waals surface area contributed by atoms with Gasteiger partial charge in [-0.3, -0.25) is 4.79 Å². The lowest BCUT2D eigenvalue weighted by molar-refractivity contribution is 0.0953. The average molecular weight is 311 g/mol. The molecule has 0 unspecified atom stereocenters. The Bertz CT molecular complexity index is 456. The van der Waals surface area contributed by atoms with E-state index in [4.69, 9.17) is 0 Å². The molecule has 1 heterocycles. The zero-order valence-electron chi connectivity index (χ0n) is 13.1. The van der Waals surface area contributed by atoms with Crippen molar-refractivity contribution in [3.63, 3.8) is 0 Å². The molecule has 1 amide bonds. The molecule has 1 aliphatic heterocycles. The summed E-state index contributed by atoms with van der Waals surface area (Å²) >= 11 is 0. The van der Waals surface area contributed by atoms with Gasteiger partial charge in [0.05, 0.1) is 0 Å². The number of nitrogens with one attached hydrogen (secondary N) is 2. The van der Waals surface area contributed by atoms with E-state index in [0.717, 1.165) is 38.0 Å². The molecule has 0 bridgehead atoms. The zero-order valence-corrected chi connectivity index (χ0v) is 13.9. The highest BCUT2D eigenvalue weighted by Crippen LogP contribution is 2.26. The van der Waals surface area contributed by atoms with Gasteiger partial charge < -0.3 is 10.6 Å². The Kier molecular flexibility index (Phi) is 7.76. The van der Waals surface area contributed by atoms with Crippen LogP contribution in [0.2, 0.25) is 0 Å². The van der Waals surface area contributed by atoms with Crippen LogP contribution in [0.15, 0.2) is 18.2 Å². The summed E-state index contributed by atoms with van der Waals surface area (Å²) in [7, 11) is 0. The van der Waals surface area contributed by atoms with Crippen molar-refractivity contribution in [2.24, 2.45) is 0 Å². The molecule has 1 fully saturated rings. The van der Waals surface area contributed by atoms with E-state index >= 15 is 0 Å². The van der Waals surface area contributed by atoms with Crippen molar-refractivity contribution in [3.05, 3.63) is 34.9 Å². The van der Waals surface area contributed by atoms with Gasteiger partial charge in [0.1, 0.15) is 0 Å². The van der Waals surface area contributed by atoms with Gasteiger partial charge in [0.2, 0.25) is 0 Å². The van der Waals surface area contributed by atoms with Gasteiger partial charge in [-0.25, -0.2) is 0 Å². The summed E-state index contributed by atoms with van der Waals surface area (Å²) in [6.45, 7) is 7.14. The van der Waals surface area contributed by atoms with Gasteiger partial charge in [-0.05, 0) is 62.9 Å². The van der Waals surface area contributed by atoms with Crippen LogP contribution in [-0.4, -0.2) is 25.5 Å². The van der Waals surface area contributed by atoms with Crippen LogP contribution < -0.4 is 10.6 Å². The lowest BCUT2D eigenvalue weighted by Crippen LogP contribution is -2.27. The van der Waals surface area contributed by atoms with Crippen molar-refractivity contribution in [3.8, 4) is 0 Å². The molecule has 2 rings (SSSR count). The van der Waals surface area contributed by atoms with E-state index in [1.165, 1.54) is 24.0 Å². The molecule has 3 nitrogen and oxygen atoms in total. The summed E-state index contributed by atoms with van der Waals surface area (Å²) in [4.78, 5) is 12.2. The minimum atomic E-state index is 0. The van der Waals surface area contributed by atoms with E-state index < -0.39 is 0 Å². The summed E-state index contributed by atoms with van der Waals surface area (Å²) in [6.07, 6.45) is 4.48. The molecule has 0 aromatic heterocycles. The normalized spacial score (nSPS) is 15.3. The summed E-state index contributed by atoms with van der Waals surface area (Å²) in [5.41, 5.74) is 3.32. The van der Waals surface area contributed by atoms with Crippen molar-refractivity contribution in [2.75, 3.05) is 19.6 Å². The summed E-state index contributed by atoms with van der Waals surface area (Å²) in [5.74, 6) is 0.663. The number of amides is 1. The fourth-order valence-electron chi connectivity index (χ4n) is 2.82. The summed E-state index contributed by atoms with van der Waals surface area (Å²) in [5, 5.41) is 6.40. The molecule has 0 atom stereocenters. The number of unbranched alkanes of at least 4 members (excludes halogenated alkanes) is 1. The standard InChI is InChI=1S/C17H26N2O.ClH/c1-3-4-7-19-17(20)16-11-13(2)10-15(12-16)14-5-8-18-9-6-14;/h10-12,14,18H,3-9H2,1-2H3,(H,19,20);1H. The van der Waals surface area contributed by atoms with Crippen molar-refractivity contribution >= 4 is 18.3 Å². The maximum Gasteiger partial charge on any atom is 0.251 e. The molecule has 21 heavy (non-hydrogen) atoms. The number of piperidine rings is 1. The topological polar surface area (TPSA) is 41.1 Å². The Morgan fingerprint density at radius 3 is 2.67 bits per heavy atom. The van der Waals surface area contributed by atoms with Gasteiger partial charge in [0.25, 0.3) is 5.91 Å². The predicted octanol–water partition coefficient (Wildman–Crippen LogP) is 3.41.